The van der Waals surface area contributed by atoms with Crippen molar-refractivity contribution in [1.82, 2.24) is 0 Å². The van der Waals surface area contributed by atoms with Crippen LogP contribution >= 0.6 is 0 Å². The predicted octanol–water partition coefficient (Wildman–Crippen LogP) is 4.31. The van der Waals surface area contributed by atoms with E-state index >= 15 is 0 Å². The molecule has 144 valence electrons. The number of nitrogens with zero attached hydrogens (tertiary/aromatic N) is 1. The fraction of sp³-hybridized carbons (Fsp3) is 0.100. The Morgan fingerprint density at radius 2 is 1.54 bits per heavy atom. The molecule has 8 heteroatoms. The number of fused-ring (bicyclic) bond motifs is 3. The summed E-state index contributed by atoms with van der Waals surface area (Å²) in [6.07, 6.45) is 0. The van der Waals surface area contributed by atoms with E-state index in [1.807, 2.05) is 0 Å². The van der Waals surface area contributed by atoms with Gasteiger partial charge in [0.2, 0.25) is 0 Å². The van der Waals surface area contributed by atoms with Crippen molar-refractivity contribution >= 4 is 15.7 Å². The summed E-state index contributed by atoms with van der Waals surface area (Å²) in [4.78, 5) is -0.452. The number of benzene rings is 3. The zero-order chi connectivity index (χ0) is 20.2. The summed E-state index contributed by atoms with van der Waals surface area (Å²) in [5.74, 6) is -2.11. The average Bonchev–Trinajstić information content (AvgIpc) is 2.61. The molecule has 0 spiro atoms. The number of aromatic hydroxyl groups is 2. The maximum absolute atomic E-state index is 14.0. The maximum atomic E-state index is 14.0. The molecule has 1 aliphatic rings. The van der Waals surface area contributed by atoms with E-state index in [0.717, 1.165) is 28.6 Å². The summed E-state index contributed by atoms with van der Waals surface area (Å²) in [6, 6.07) is 9.98. The van der Waals surface area contributed by atoms with Crippen LogP contribution in [0.4, 0.5) is 14.5 Å². The van der Waals surface area contributed by atoms with Gasteiger partial charge < -0.3 is 10.2 Å². The third-order valence-corrected chi connectivity index (χ3v) is 6.71. The molecule has 0 saturated heterocycles. The van der Waals surface area contributed by atoms with Gasteiger partial charge in [-0.05, 0) is 60.5 Å². The van der Waals surface area contributed by atoms with Gasteiger partial charge in [0.25, 0.3) is 10.0 Å². The van der Waals surface area contributed by atoms with E-state index in [2.05, 4.69) is 0 Å². The first kappa shape index (κ1) is 18.2. The minimum atomic E-state index is -4.36. The lowest BCUT2D eigenvalue weighted by Crippen LogP contribution is -2.36. The standard InChI is InChI=1S/C20H15F2NO4S/c1-11-17-8-12(21)2-5-15(17)16-6-3-13(22)9-18(16)23(11)28(26,27)20-7-4-14(24)10-19(20)25/h2-11,24-25H,1H3/t11-/m0/s1. The maximum Gasteiger partial charge on any atom is 0.268 e. The van der Waals surface area contributed by atoms with Crippen molar-refractivity contribution < 1.29 is 27.4 Å². The van der Waals surface area contributed by atoms with Crippen molar-refractivity contribution in [3.63, 3.8) is 0 Å². The number of hydrogen-bond donors (Lipinski definition) is 2. The number of hydrogen-bond acceptors (Lipinski definition) is 4. The molecule has 4 rings (SSSR count). The highest BCUT2D eigenvalue weighted by Gasteiger charge is 2.38. The van der Waals surface area contributed by atoms with E-state index in [-0.39, 0.29) is 11.4 Å². The molecule has 2 N–H and O–H groups in total. The second-order valence-electron chi connectivity index (χ2n) is 6.52. The van der Waals surface area contributed by atoms with Gasteiger partial charge in [-0.25, -0.2) is 17.2 Å². The Kier molecular flexibility index (Phi) is 4.04. The van der Waals surface area contributed by atoms with Crippen LogP contribution in [0, 0.1) is 11.6 Å². The quantitative estimate of drug-likeness (QED) is 0.668. The molecule has 3 aromatic rings. The van der Waals surface area contributed by atoms with Gasteiger partial charge in [-0.2, -0.15) is 0 Å². The molecule has 28 heavy (non-hydrogen) atoms. The number of phenolic OH excluding ortho intramolecular Hbond substituents is 2. The van der Waals surface area contributed by atoms with Crippen LogP contribution in [-0.4, -0.2) is 18.6 Å². The van der Waals surface area contributed by atoms with E-state index in [9.17, 15) is 27.4 Å². The lowest BCUT2D eigenvalue weighted by molar-refractivity contribution is 0.439. The van der Waals surface area contributed by atoms with Crippen LogP contribution < -0.4 is 4.31 Å². The molecule has 0 unspecified atom stereocenters. The smallest absolute Gasteiger partial charge is 0.268 e. The molecule has 1 heterocycles. The topological polar surface area (TPSA) is 77.8 Å². The third kappa shape index (κ3) is 2.68. The molecular weight excluding hydrogens is 388 g/mol. The molecule has 1 aliphatic heterocycles. The summed E-state index contributed by atoms with van der Waals surface area (Å²) < 4.78 is 55.6. The van der Waals surface area contributed by atoms with Gasteiger partial charge in [-0.15, -0.1) is 0 Å². The lowest BCUT2D eigenvalue weighted by Gasteiger charge is -2.37. The molecular formula is C20H15F2NO4S. The fourth-order valence-electron chi connectivity index (χ4n) is 3.54. The van der Waals surface area contributed by atoms with Crippen molar-refractivity contribution in [3.05, 3.63) is 71.8 Å². The van der Waals surface area contributed by atoms with Crippen LogP contribution in [0.5, 0.6) is 11.5 Å². The molecule has 0 amide bonds. The Morgan fingerprint density at radius 3 is 2.21 bits per heavy atom. The van der Waals surface area contributed by atoms with Crippen LogP contribution in [0.1, 0.15) is 18.5 Å². The highest BCUT2D eigenvalue weighted by molar-refractivity contribution is 7.93. The number of rotatable bonds is 2. The van der Waals surface area contributed by atoms with E-state index in [1.54, 1.807) is 6.92 Å². The Hall–Kier alpha value is -3.13. The van der Waals surface area contributed by atoms with Crippen molar-refractivity contribution in [1.29, 1.82) is 0 Å². The zero-order valence-electron chi connectivity index (χ0n) is 14.6. The van der Waals surface area contributed by atoms with Crippen molar-refractivity contribution in [2.75, 3.05) is 4.31 Å². The number of phenols is 2. The first-order chi connectivity index (χ1) is 13.2. The summed E-state index contributed by atoms with van der Waals surface area (Å²) in [6.45, 7) is 1.56. The normalized spacial score (nSPS) is 15.8. The summed E-state index contributed by atoms with van der Waals surface area (Å²) in [5, 5.41) is 19.5. The van der Waals surface area contributed by atoms with Crippen LogP contribution in [0.2, 0.25) is 0 Å². The molecule has 0 saturated carbocycles. The molecule has 0 aromatic heterocycles. The summed E-state index contributed by atoms with van der Waals surface area (Å²) >= 11 is 0. The van der Waals surface area contributed by atoms with Crippen LogP contribution in [-0.2, 0) is 10.0 Å². The minimum Gasteiger partial charge on any atom is -0.508 e. The van der Waals surface area contributed by atoms with Crippen LogP contribution in [0.3, 0.4) is 0 Å². The first-order valence-corrected chi connectivity index (χ1v) is 9.80. The Balaban J connectivity index is 2.00. The molecule has 0 fully saturated rings. The number of anilines is 1. The van der Waals surface area contributed by atoms with E-state index in [0.29, 0.717) is 16.7 Å². The van der Waals surface area contributed by atoms with Gasteiger partial charge in [0.1, 0.15) is 28.0 Å². The highest BCUT2D eigenvalue weighted by atomic mass is 32.2. The monoisotopic (exact) mass is 403 g/mol. The second-order valence-corrected chi connectivity index (χ2v) is 8.31. The first-order valence-electron chi connectivity index (χ1n) is 8.36. The zero-order valence-corrected chi connectivity index (χ0v) is 15.4. The van der Waals surface area contributed by atoms with Gasteiger partial charge in [0, 0.05) is 11.6 Å². The molecule has 1 atom stereocenters. The Labute approximate surface area is 160 Å². The largest absolute Gasteiger partial charge is 0.508 e. The van der Waals surface area contributed by atoms with Crippen molar-refractivity contribution in [2.45, 2.75) is 17.9 Å². The van der Waals surface area contributed by atoms with Crippen molar-refractivity contribution in [2.24, 2.45) is 0 Å². The van der Waals surface area contributed by atoms with Gasteiger partial charge >= 0.3 is 0 Å². The summed E-state index contributed by atoms with van der Waals surface area (Å²) in [5.41, 5.74) is 1.53. The molecule has 3 aromatic carbocycles. The van der Waals surface area contributed by atoms with Gasteiger partial charge in [0.15, 0.2) is 0 Å². The average molecular weight is 403 g/mol. The van der Waals surface area contributed by atoms with Gasteiger partial charge in [-0.1, -0.05) is 6.07 Å². The number of sulfonamides is 1. The number of halogens is 2. The molecule has 5 nitrogen and oxygen atoms in total. The molecule has 0 aliphatic carbocycles. The molecule has 0 radical (unpaired) electrons. The van der Waals surface area contributed by atoms with Crippen LogP contribution in [0.25, 0.3) is 11.1 Å². The Morgan fingerprint density at radius 1 is 0.893 bits per heavy atom. The predicted molar refractivity (Wildman–Crippen MR) is 99.6 cm³/mol. The van der Waals surface area contributed by atoms with E-state index in [1.165, 1.54) is 30.3 Å². The van der Waals surface area contributed by atoms with Crippen molar-refractivity contribution in [3.8, 4) is 22.6 Å². The summed E-state index contributed by atoms with van der Waals surface area (Å²) in [7, 11) is -4.36. The SMILES string of the molecule is C[C@H]1c2cc(F)ccc2-c2ccc(F)cc2N1S(=O)(=O)c1ccc(O)cc1O. The Bertz CT molecular complexity index is 1210. The second kappa shape index (κ2) is 6.20. The third-order valence-electron chi connectivity index (χ3n) is 4.78. The van der Waals surface area contributed by atoms with E-state index in [4.69, 9.17) is 0 Å². The minimum absolute atomic E-state index is 0.0825. The van der Waals surface area contributed by atoms with Gasteiger partial charge in [-0.3, -0.25) is 4.31 Å². The molecule has 0 bridgehead atoms. The van der Waals surface area contributed by atoms with Crippen LogP contribution in [0.15, 0.2) is 59.5 Å². The lowest BCUT2D eigenvalue weighted by atomic mass is 9.90. The van der Waals surface area contributed by atoms with E-state index < -0.39 is 38.3 Å². The fourth-order valence-corrected chi connectivity index (χ4v) is 5.26. The highest BCUT2D eigenvalue weighted by Crippen LogP contribution is 2.48. The van der Waals surface area contributed by atoms with Gasteiger partial charge in [0.05, 0.1) is 11.7 Å².